The number of hydrogen-bond acceptors (Lipinski definition) is 3. The van der Waals surface area contributed by atoms with E-state index >= 15 is 0 Å². The smallest absolute Gasteiger partial charge is 0.328 e. The number of nitrogens with one attached hydrogen (secondary N) is 1. The van der Waals surface area contributed by atoms with Crippen LogP contribution < -0.4 is 5.32 Å². The molecule has 0 radical (unpaired) electrons. The Bertz CT molecular complexity index is 409. The first kappa shape index (κ1) is 13.4. The van der Waals surface area contributed by atoms with Gasteiger partial charge in [0, 0.05) is 17.0 Å². The molecule has 0 fully saturated rings. The van der Waals surface area contributed by atoms with Gasteiger partial charge in [0.2, 0.25) is 5.91 Å². The van der Waals surface area contributed by atoms with Gasteiger partial charge in [-0.2, -0.15) is 0 Å². The minimum atomic E-state index is -1.13. The Balaban J connectivity index is 2.69. The molecule has 1 amide bonds. The Morgan fingerprint density at radius 1 is 1.41 bits per heavy atom. The van der Waals surface area contributed by atoms with Crippen LogP contribution in [0.3, 0.4) is 0 Å². The molecule has 1 heterocycles. The van der Waals surface area contributed by atoms with Gasteiger partial charge < -0.3 is 10.4 Å². The third-order valence-electron chi connectivity index (χ3n) is 2.19. The lowest BCUT2D eigenvalue weighted by Crippen LogP contribution is -2.29. The molecule has 92 valence electrons. The number of carboxylic acid groups (broad SMARTS) is 1. The quantitative estimate of drug-likeness (QED) is 0.791. The molecule has 17 heavy (non-hydrogen) atoms. The Labute approximate surface area is 104 Å². The van der Waals surface area contributed by atoms with Gasteiger partial charge in [0.1, 0.15) is 0 Å². The molecule has 0 aliphatic heterocycles. The molecule has 4 nitrogen and oxygen atoms in total. The van der Waals surface area contributed by atoms with Crippen molar-refractivity contribution in [2.75, 3.05) is 0 Å². The van der Waals surface area contributed by atoms with Crippen LogP contribution in [0.25, 0.3) is 0 Å². The number of carbonyl (C=O) groups is 2. The molecule has 5 heteroatoms. The van der Waals surface area contributed by atoms with Crippen molar-refractivity contribution >= 4 is 23.2 Å². The summed E-state index contributed by atoms with van der Waals surface area (Å²) in [5.74, 6) is -1.27. The highest BCUT2D eigenvalue weighted by Crippen LogP contribution is 2.25. The third-order valence-corrected chi connectivity index (χ3v) is 3.15. The standard InChI is InChI=1S/C12H15NO3S/c1-8(2)12(9-4-3-7-17-9)13-10(14)5-6-11(15)16/h3-8,12H,1-2H3,(H,13,14)(H,15,16)/b6-5+. The zero-order chi connectivity index (χ0) is 12.8. The zero-order valence-electron chi connectivity index (χ0n) is 9.71. The lowest BCUT2D eigenvalue weighted by molar-refractivity contribution is -0.131. The normalized spacial score (nSPS) is 12.9. The molecule has 0 saturated heterocycles. The van der Waals surface area contributed by atoms with Gasteiger partial charge in [-0.1, -0.05) is 19.9 Å². The molecule has 1 aromatic rings. The summed E-state index contributed by atoms with van der Waals surface area (Å²) in [6.07, 6.45) is 1.87. The lowest BCUT2D eigenvalue weighted by atomic mass is 10.0. The van der Waals surface area contributed by atoms with Crippen molar-refractivity contribution in [1.82, 2.24) is 5.32 Å². The number of thiophene rings is 1. The van der Waals surface area contributed by atoms with E-state index in [1.54, 1.807) is 11.3 Å². The Morgan fingerprint density at radius 2 is 2.12 bits per heavy atom. The van der Waals surface area contributed by atoms with Gasteiger partial charge in [-0.3, -0.25) is 4.79 Å². The fourth-order valence-electron chi connectivity index (χ4n) is 1.38. The molecule has 1 aromatic heterocycles. The van der Waals surface area contributed by atoms with Crippen molar-refractivity contribution in [1.29, 1.82) is 0 Å². The number of carboxylic acids is 1. The molecule has 0 aliphatic carbocycles. The first-order chi connectivity index (χ1) is 8.00. The number of carbonyl (C=O) groups excluding carboxylic acids is 1. The molecule has 1 unspecified atom stereocenters. The SMILES string of the molecule is CC(C)C(NC(=O)/C=C/C(=O)O)c1cccs1. The summed E-state index contributed by atoms with van der Waals surface area (Å²) in [5, 5.41) is 13.2. The molecule has 0 aliphatic rings. The molecule has 0 aromatic carbocycles. The van der Waals surface area contributed by atoms with Crippen molar-refractivity contribution in [3.63, 3.8) is 0 Å². The van der Waals surface area contributed by atoms with Gasteiger partial charge in [-0.05, 0) is 17.4 Å². The highest BCUT2D eigenvalue weighted by Gasteiger charge is 2.17. The summed E-state index contributed by atoms with van der Waals surface area (Å²) in [4.78, 5) is 22.9. The van der Waals surface area contributed by atoms with Gasteiger partial charge >= 0.3 is 5.97 Å². The van der Waals surface area contributed by atoms with Crippen LogP contribution in [-0.4, -0.2) is 17.0 Å². The molecule has 1 rings (SSSR count). The van der Waals surface area contributed by atoms with E-state index in [1.165, 1.54) is 0 Å². The monoisotopic (exact) mass is 253 g/mol. The molecule has 2 N–H and O–H groups in total. The van der Waals surface area contributed by atoms with Crippen molar-refractivity contribution < 1.29 is 14.7 Å². The average molecular weight is 253 g/mol. The second kappa shape index (κ2) is 6.20. The Morgan fingerprint density at radius 3 is 2.59 bits per heavy atom. The summed E-state index contributed by atoms with van der Waals surface area (Å²) in [5.41, 5.74) is 0. The van der Waals surface area contributed by atoms with E-state index in [2.05, 4.69) is 5.32 Å². The number of amides is 1. The molecular weight excluding hydrogens is 238 g/mol. The van der Waals surface area contributed by atoms with Crippen molar-refractivity contribution in [3.8, 4) is 0 Å². The highest BCUT2D eigenvalue weighted by atomic mass is 32.1. The van der Waals surface area contributed by atoms with Crippen molar-refractivity contribution in [2.45, 2.75) is 19.9 Å². The predicted molar refractivity (Wildman–Crippen MR) is 66.8 cm³/mol. The maximum atomic E-state index is 11.5. The largest absolute Gasteiger partial charge is 0.478 e. The highest BCUT2D eigenvalue weighted by molar-refractivity contribution is 7.10. The molecular formula is C12H15NO3S. The fourth-order valence-corrected chi connectivity index (χ4v) is 2.33. The van der Waals surface area contributed by atoms with E-state index in [9.17, 15) is 9.59 Å². The van der Waals surface area contributed by atoms with Gasteiger partial charge in [-0.15, -0.1) is 11.3 Å². The molecule has 0 bridgehead atoms. The topological polar surface area (TPSA) is 66.4 Å². The Kier molecular flexibility index (Phi) is 4.90. The van der Waals surface area contributed by atoms with Crippen LogP contribution in [-0.2, 0) is 9.59 Å². The second-order valence-electron chi connectivity index (χ2n) is 3.92. The Hall–Kier alpha value is -1.62. The number of hydrogen-bond donors (Lipinski definition) is 2. The van der Waals surface area contributed by atoms with Crippen LogP contribution >= 0.6 is 11.3 Å². The van der Waals surface area contributed by atoms with Gasteiger partial charge in [0.25, 0.3) is 0 Å². The van der Waals surface area contributed by atoms with Crippen LogP contribution in [0.15, 0.2) is 29.7 Å². The predicted octanol–water partition coefficient (Wildman–Crippen LogP) is 2.20. The minimum Gasteiger partial charge on any atom is -0.478 e. The van der Waals surface area contributed by atoms with E-state index in [-0.39, 0.29) is 17.9 Å². The minimum absolute atomic E-state index is 0.0825. The summed E-state index contributed by atoms with van der Waals surface area (Å²) in [7, 11) is 0. The van der Waals surface area contributed by atoms with Crippen molar-refractivity contribution in [3.05, 3.63) is 34.5 Å². The van der Waals surface area contributed by atoms with Crippen LogP contribution in [0, 0.1) is 5.92 Å². The van der Waals surface area contributed by atoms with E-state index < -0.39 is 5.97 Å². The van der Waals surface area contributed by atoms with Crippen molar-refractivity contribution in [2.24, 2.45) is 5.92 Å². The fraction of sp³-hybridized carbons (Fsp3) is 0.333. The third kappa shape index (κ3) is 4.40. The summed E-state index contributed by atoms with van der Waals surface area (Å²) < 4.78 is 0. The van der Waals surface area contributed by atoms with Crippen LogP contribution in [0.4, 0.5) is 0 Å². The number of rotatable bonds is 5. The van der Waals surface area contributed by atoms with Crippen LogP contribution in [0.5, 0.6) is 0 Å². The first-order valence-electron chi connectivity index (χ1n) is 5.25. The number of aliphatic carboxylic acids is 1. The van der Waals surface area contributed by atoms with E-state index in [0.29, 0.717) is 0 Å². The lowest BCUT2D eigenvalue weighted by Gasteiger charge is -2.20. The first-order valence-corrected chi connectivity index (χ1v) is 6.13. The van der Waals surface area contributed by atoms with E-state index in [0.717, 1.165) is 17.0 Å². The molecule has 1 atom stereocenters. The second-order valence-corrected chi connectivity index (χ2v) is 4.90. The summed E-state index contributed by atoms with van der Waals surface area (Å²) in [6.45, 7) is 4.01. The maximum Gasteiger partial charge on any atom is 0.328 e. The summed E-state index contributed by atoms with van der Waals surface area (Å²) in [6, 6.07) is 3.80. The van der Waals surface area contributed by atoms with Gasteiger partial charge in [0.05, 0.1) is 6.04 Å². The van der Waals surface area contributed by atoms with Gasteiger partial charge in [-0.25, -0.2) is 4.79 Å². The summed E-state index contributed by atoms with van der Waals surface area (Å²) >= 11 is 1.57. The van der Waals surface area contributed by atoms with Crippen LogP contribution in [0.1, 0.15) is 24.8 Å². The molecule has 0 spiro atoms. The average Bonchev–Trinajstić information content (AvgIpc) is 2.75. The van der Waals surface area contributed by atoms with E-state index in [4.69, 9.17) is 5.11 Å². The maximum absolute atomic E-state index is 11.5. The van der Waals surface area contributed by atoms with Crippen LogP contribution in [0.2, 0.25) is 0 Å². The zero-order valence-corrected chi connectivity index (χ0v) is 10.5. The van der Waals surface area contributed by atoms with E-state index in [1.807, 2.05) is 31.4 Å². The van der Waals surface area contributed by atoms with Gasteiger partial charge in [0.15, 0.2) is 0 Å². The molecule has 0 saturated carbocycles.